The maximum atomic E-state index is 12.2. The SMILES string of the molecule is CCCCC(C)OC(=O)C(CCC)C(CCC)C(=O)O. The van der Waals surface area contributed by atoms with Crippen molar-refractivity contribution in [3.05, 3.63) is 0 Å². The molecule has 4 heteroatoms. The number of unbranched alkanes of at least 4 members (excludes halogenated alkanes) is 1. The number of carboxylic acid groups (broad SMARTS) is 1. The van der Waals surface area contributed by atoms with Gasteiger partial charge in [0.05, 0.1) is 17.9 Å². The zero-order valence-corrected chi connectivity index (χ0v) is 13.4. The molecule has 0 spiro atoms. The molecule has 0 bridgehead atoms. The highest BCUT2D eigenvalue weighted by Gasteiger charge is 2.34. The number of hydrogen-bond acceptors (Lipinski definition) is 3. The summed E-state index contributed by atoms with van der Waals surface area (Å²) >= 11 is 0. The van der Waals surface area contributed by atoms with Crippen LogP contribution in [0.15, 0.2) is 0 Å². The van der Waals surface area contributed by atoms with E-state index >= 15 is 0 Å². The minimum atomic E-state index is -0.886. The Balaban J connectivity index is 4.69. The van der Waals surface area contributed by atoms with E-state index in [0.29, 0.717) is 12.8 Å². The Kier molecular flexibility index (Phi) is 10.1. The summed E-state index contributed by atoms with van der Waals surface area (Å²) in [7, 11) is 0. The third-order valence-electron chi connectivity index (χ3n) is 3.59. The highest BCUT2D eigenvalue weighted by molar-refractivity contribution is 5.81. The van der Waals surface area contributed by atoms with E-state index in [4.69, 9.17) is 4.74 Å². The molecule has 0 aliphatic carbocycles. The second kappa shape index (κ2) is 10.7. The molecule has 0 aliphatic rings. The van der Waals surface area contributed by atoms with Crippen LogP contribution in [0.4, 0.5) is 0 Å². The molecule has 1 N–H and O–H groups in total. The number of ether oxygens (including phenoxy) is 1. The molecular weight excluding hydrogens is 256 g/mol. The molecule has 0 amide bonds. The highest BCUT2D eigenvalue weighted by atomic mass is 16.5. The van der Waals surface area contributed by atoms with Gasteiger partial charge in [-0.05, 0) is 26.2 Å². The van der Waals surface area contributed by atoms with Crippen LogP contribution in [-0.4, -0.2) is 23.1 Å². The van der Waals surface area contributed by atoms with Gasteiger partial charge in [-0.25, -0.2) is 0 Å². The van der Waals surface area contributed by atoms with Crippen molar-refractivity contribution in [2.24, 2.45) is 11.8 Å². The number of esters is 1. The van der Waals surface area contributed by atoms with Crippen LogP contribution >= 0.6 is 0 Å². The monoisotopic (exact) mass is 286 g/mol. The third kappa shape index (κ3) is 6.92. The fraction of sp³-hybridized carbons (Fsp3) is 0.875. The predicted molar refractivity (Wildman–Crippen MR) is 79.5 cm³/mol. The molecule has 0 saturated carbocycles. The lowest BCUT2D eigenvalue weighted by Crippen LogP contribution is -2.33. The van der Waals surface area contributed by atoms with E-state index in [2.05, 4.69) is 6.92 Å². The summed E-state index contributed by atoms with van der Waals surface area (Å²) in [5, 5.41) is 9.32. The van der Waals surface area contributed by atoms with Gasteiger partial charge in [-0.1, -0.05) is 46.5 Å². The van der Waals surface area contributed by atoms with Crippen molar-refractivity contribution in [3.63, 3.8) is 0 Å². The van der Waals surface area contributed by atoms with E-state index in [0.717, 1.165) is 32.1 Å². The van der Waals surface area contributed by atoms with Gasteiger partial charge in [0, 0.05) is 0 Å². The van der Waals surface area contributed by atoms with Gasteiger partial charge in [0.15, 0.2) is 0 Å². The molecule has 0 fully saturated rings. The fourth-order valence-corrected chi connectivity index (χ4v) is 2.44. The van der Waals surface area contributed by atoms with Gasteiger partial charge in [0.1, 0.15) is 0 Å². The largest absolute Gasteiger partial charge is 0.481 e. The molecule has 0 aliphatic heterocycles. The van der Waals surface area contributed by atoms with Gasteiger partial charge in [0.25, 0.3) is 0 Å². The Morgan fingerprint density at radius 3 is 1.95 bits per heavy atom. The van der Waals surface area contributed by atoms with Crippen molar-refractivity contribution in [2.45, 2.75) is 78.7 Å². The summed E-state index contributed by atoms with van der Waals surface area (Å²) in [6, 6.07) is 0. The molecular formula is C16H30O4. The second-order valence-corrected chi connectivity index (χ2v) is 5.52. The van der Waals surface area contributed by atoms with Gasteiger partial charge in [-0.15, -0.1) is 0 Å². The summed E-state index contributed by atoms with van der Waals surface area (Å²) in [6.45, 7) is 7.88. The molecule has 0 saturated heterocycles. The van der Waals surface area contributed by atoms with Gasteiger partial charge < -0.3 is 9.84 Å². The van der Waals surface area contributed by atoms with Gasteiger partial charge in [-0.3, -0.25) is 9.59 Å². The lowest BCUT2D eigenvalue weighted by atomic mass is 9.85. The molecule has 0 aromatic carbocycles. The molecule has 3 atom stereocenters. The Labute approximate surface area is 122 Å². The maximum absolute atomic E-state index is 12.2. The number of carboxylic acids is 1. The van der Waals surface area contributed by atoms with Crippen LogP contribution in [0.5, 0.6) is 0 Å². The topological polar surface area (TPSA) is 63.6 Å². The Morgan fingerprint density at radius 1 is 0.950 bits per heavy atom. The van der Waals surface area contributed by atoms with E-state index < -0.39 is 17.8 Å². The Morgan fingerprint density at radius 2 is 1.50 bits per heavy atom. The highest BCUT2D eigenvalue weighted by Crippen LogP contribution is 2.25. The Hall–Kier alpha value is -1.06. The zero-order valence-electron chi connectivity index (χ0n) is 13.4. The van der Waals surface area contributed by atoms with Crippen LogP contribution in [0.2, 0.25) is 0 Å². The molecule has 0 aromatic rings. The lowest BCUT2D eigenvalue weighted by molar-refractivity contribution is -0.162. The van der Waals surface area contributed by atoms with E-state index in [1.54, 1.807) is 0 Å². The van der Waals surface area contributed by atoms with Crippen LogP contribution < -0.4 is 0 Å². The predicted octanol–water partition coefficient (Wildman–Crippen LogP) is 4.03. The summed E-state index contributed by atoms with van der Waals surface area (Å²) in [5.41, 5.74) is 0. The van der Waals surface area contributed by atoms with Crippen LogP contribution in [0.25, 0.3) is 0 Å². The summed E-state index contributed by atoms with van der Waals surface area (Å²) in [5.74, 6) is -2.35. The van der Waals surface area contributed by atoms with E-state index in [1.165, 1.54) is 0 Å². The van der Waals surface area contributed by atoms with Crippen molar-refractivity contribution in [3.8, 4) is 0 Å². The van der Waals surface area contributed by atoms with Crippen LogP contribution in [0.1, 0.15) is 72.6 Å². The van der Waals surface area contributed by atoms with Crippen molar-refractivity contribution in [1.29, 1.82) is 0 Å². The first-order chi connectivity index (χ1) is 9.47. The Bertz CT molecular complexity index is 288. The van der Waals surface area contributed by atoms with Gasteiger partial charge in [0.2, 0.25) is 0 Å². The van der Waals surface area contributed by atoms with E-state index in [1.807, 2.05) is 20.8 Å². The number of rotatable bonds is 11. The van der Waals surface area contributed by atoms with Crippen LogP contribution in [0, 0.1) is 11.8 Å². The average molecular weight is 286 g/mol. The van der Waals surface area contributed by atoms with Crippen LogP contribution in [0.3, 0.4) is 0 Å². The number of carbonyl (C=O) groups is 2. The normalized spacial score (nSPS) is 15.4. The number of carbonyl (C=O) groups excluding carboxylic acids is 1. The standard InChI is InChI=1S/C16H30O4/c1-5-8-11-12(4)20-16(19)14(10-7-3)13(9-6-2)15(17)18/h12-14H,5-11H2,1-4H3,(H,17,18). The smallest absolute Gasteiger partial charge is 0.310 e. The molecule has 0 heterocycles. The van der Waals surface area contributed by atoms with Gasteiger partial charge in [-0.2, -0.15) is 0 Å². The zero-order chi connectivity index (χ0) is 15.5. The van der Waals surface area contributed by atoms with Gasteiger partial charge >= 0.3 is 11.9 Å². The first-order valence-electron chi connectivity index (χ1n) is 7.91. The minimum absolute atomic E-state index is 0.127. The number of aliphatic carboxylic acids is 1. The quantitative estimate of drug-likeness (QED) is 0.582. The van der Waals surface area contributed by atoms with Crippen molar-refractivity contribution in [2.75, 3.05) is 0 Å². The fourth-order valence-electron chi connectivity index (χ4n) is 2.44. The third-order valence-corrected chi connectivity index (χ3v) is 3.59. The summed E-state index contributed by atoms with van der Waals surface area (Å²) < 4.78 is 5.44. The lowest BCUT2D eigenvalue weighted by Gasteiger charge is -2.24. The molecule has 0 aromatic heterocycles. The first-order valence-corrected chi connectivity index (χ1v) is 7.91. The molecule has 0 radical (unpaired) electrons. The molecule has 20 heavy (non-hydrogen) atoms. The van der Waals surface area contributed by atoms with E-state index in [-0.39, 0.29) is 12.1 Å². The first kappa shape index (κ1) is 18.9. The minimum Gasteiger partial charge on any atom is -0.481 e. The van der Waals surface area contributed by atoms with Crippen molar-refractivity contribution in [1.82, 2.24) is 0 Å². The summed E-state index contributed by atoms with van der Waals surface area (Å²) in [4.78, 5) is 23.6. The summed E-state index contributed by atoms with van der Waals surface area (Å²) in [6.07, 6.45) is 5.45. The maximum Gasteiger partial charge on any atom is 0.310 e. The van der Waals surface area contributed by atoms with Crippen molar-refractivity contribution < 1.29 is 19.4 Å². The molecule has 3 unspecified atom stereocenters. The number of hydrogen-bond donors (Lipinski definition) is 1. The average Bonchev–Trinajstić information content (AvgIpc) is 2.39. The molecule has 118 valence electrons. The van der Waals surface area contributed by atoms with Crippen molar-refractivity contribution >= 4 is 11.9 Å². The molecule has 4 nitrogen and oxygen atoms in total. The second-order valence-electron chi connectivity index (χ2n) is 5.52. The van der Waals surface area contributed by atoms with Crippen LogP contribution in [-0.2, 0) is 14.3 Å². The molecule has 0 rings (SSSR count). The van der Waals surface area contributed by atoms with E-state index in [9.17, 15) is 14.7 Å².